The molecule has 0 heteroatoms. The van der Waals surface area contributed by atoms with Crippen molar-refractivity contribution in [3.8, 4) is 0 Å². The van der Waals surface area contributed by atoms with Crippen LogP contribution in [0.15, 0.2) is 0 Å². The van der Waals surface area contributed by atoms with Crippen LogP contribution in [0.3, 0.4) is 0 Å². The summed E-state index contributed by atoms with van der Waals surface area (Å²) in [6.45, 7) is 14.2. The monoisotopic (exact) mass is 268 g/mol. The molecule has 19 heavy (non-hydrogen) atoms. The van der Waals surface area contributed by atoms with Crippen LogP contribution in [0, 0.1) is 23.7 Å². The van der Waals surface area contributed by atoms with Crippen LogP contribution >= 0.6 is 0 Å². The molecule has 0 aliphatic heterocycles. The Bertz CT molecular complexity index is 180. The van der Waals surface area contributed by atoms with Gasteiger partial charge in [0.15, 0.2) is 0 Å². The molecule has 0 aromatic carbocycles. The average molecular weight is 269 g/mol. The largest absolute Gasteiger partial charge is 0.0651 e. The van der Waals surface area contributed by atoms with E-state index in [1.54, 1.807) is 0 Å². The van der Waals surface area contributed by atoms with E-state index in [0.29, 0.717) is 0 Å². The summed E-state index contributed by atoms with van der Waals surface area (Å²) in [6, 6.07) is 0. The molecule has 0 rings (SSSR count). The lowest BCUT2D eigenvalue weighted by molar-refractivity contribution is 0.272. The van der Waals surface area contributed by atoms with Gasteiger partial charge in [0, 0.05) is 0 Å². The van der Waals surface area contributed by atoms with Crippen LogP contribution in [0.25, 0.3) is 0 Å². The smallest absolute Gasteiger partial charge is 0.0391 e. The summed E-state index contributed by atoms with van der Waals surface area (Å²) in [5.74, 6) is 3.64. The maximum Gasteiger partial charge on any atom is -0.0391 e. The summed E-state index contributed by atoms with van der Waals surface area (Å²) in [4.78, 5) is 0. The Morgan fingerprint density at radius 2 is 1.16 bits per heavy atom. The summed E-state index contributed by atoms with van der Waals surface area (Å²) in [5, 5.41) is 0. The van der Waals surface area contributed by atoms with E-state index in [4.69, 9.17) is 0 Å². The zero-order chi connectivity index (χ0) is 14.7. The maximum absolute atomic E-state index is 2.47. The number of rotatable bonds is 12. The molecule has 0 saturated carbocycles. The molecule has 0 aliphatic carbocycles. The van der Waals surface area contributed by atoms with Gasteiger partial charge in [0.25, 0.3) is 0 Å². The third kappa shape index (κ3) is 11.5. The Morgan fingerprint density at radius 3 is 1.63 bits per heavy atom. The summed E-state index contributed by atoms with van der Waals surface area (Å²) >= 11 is 0. The second kappa shape index (κ2) is 11.8. The van der Waals surface area contributed by atoms with Gasteiger partial charge in [-0.1, -0.05) is 92.9 Å². The van der Waals surface area contributed by atoms with Crippen molar-refractivity contribution in [1.29, 1.82) is 0 Å². The first-order valence-corrected chi connectivity index (χ1v) is 8.97. The molecule has 0 bridgehead atoms. The summed E-state index contributed by atoms with van der Waals surface area (Å²) in [5.41, 5.74) is 0. The van der Waals surface area contributed by atoms with E-state index in [1.807, 2.05) is 0 Å². The lowest BCUT2D eigenvalue weighted by Crippen LogP contribution is -2.13. The molecule has 0 aromatic heterocycles. The standard InChI is InChI=1S/C19H40/c1-7-19(18(6)15-17(4)5)14-12-10-8-9-11-13-16(2)3/h16-19H,7-15H2,1-6H3. The first kappa shape index (κ1) is 19.0. The number of hydrogen-bond donors (Lipinski definition) is 0. The minimum atomic E-state index is 0.861. The van der Waals surface area contributed by atoms with E-state index >= 15 is 0 Å². The van der Waals surface area contributed by atoms with E-state index in [9.17, 15) is 0 Å². The molecule has 2 atom stereocenters. The Labute approximate surface area is 123 Å². The van der Waals surface area contributed by atoms with Gasteiger partial charge in [0.1, 0.15) is 0 Å². The minimum absolute atomic E-state index is 0.861. The Balaban J connectivity index is 3.56. The molecule has 0 aromatic rings. The molecule has 116 valence electrons. The Kier molecular flexibility index (Phi) is 11.8. The zero-order valence-electron chi connectivity index (χ0n) is 14.7. The van der Waals surface area contributed by atoms with Gasteiger partial charge in [-0.15, -0.1) is 0 Å². The van der Waals surface area contributed by atoms with Crippen LogP contribution in [0.5, 0.6) is 0 Å². The second-order valence-corrected chi connectivity index (χ2v) is 7.51. The molecule has 0 N–H and O–H groups in total. The summed E-state index contributed by atoms with van der Waals surface area (Å²) in [7, 11) is 0. The van der Waals surface area contributed by atoms with Crippen molar-refractivity contribution >= 4 is 0 Å². The van der Waals surface area contributed by atoms with Crippen molar-refractivity contribution in [2.45, 2.75) is 99.3 Å². The quantitative estimate of drug-likeness (QED) is 0.332. The molecule has 0 radical (unpaired) electrons. The van der Waals surface area contributed by atoms with Crippen LogP contribution < -0.4 is 0 Å². The van der Waals surface area contributed by atoms with Gasteiger partial charge in [-0.2, -0.15) is 0 Å². The Hall–Kier alpha value is 0. The molecule has 0 saturated heterocycles. The predicted octanol–water partition coefficient (Wildman–Crippen LogP) is 7.08. The molecule has 0 nitrogen and oxygen atoms in total. The number of unbranched alkanes of at least 4 members (excludes halogenated alkanes) is 4. The molecule has 0 heterocycles. The minimum Gasteiger partial charge on any atom is -0.0651 e. The van der Waals surface area contributed by atoms with Crippen molar-refractivity contribution in [2.75, 3.05) is 0 Å². The molecule has 0 fully saturated rings. The summed E-state index contributed by atoms with van der Waals surface area (Å²) < 4.78 is 0. The molecular formula is C19H40. The third-order valence-corrected chi connectivity index (χ3v) is 4.53. The van der Waals surface area contributed by atoms with Gasteiger partial charge in [-0.05, 0) is 30.1 Å². The van der Waals surface area contributed by atoms with E-state index < -0.39 is 0 Å². The highest BCUT2D eigenvalue weighted by Gasteiger charge is 2.15. The highest BCUT2D eigenvalue weighted by atomic mass is 14.2. The van der Waals surface area contributed by atoms with E-state index in [-0.39, 0.29) is 0 Å². The molecule has 0 aliphatic rings. The van der Waals surface area contributed by atoms with Gasteiger partial charge < -0.3 is 0 Å². The van der Waals surface area contributed by atoms with Crippen LogP contribution in [0.1, 0.15) is 99.3 Å². The van der Waals surface area contributed by atoms with Gasteiger partial charge in [-0.3, -0.25) is 0 Å². The van der Waals surface area contributed by atoms with Crippen LogP contribution in [0.4, 0.5) is 0 Å². The molecule has 0 spiro atoms. The first-order chi connectivity index (χ1) is 8.97. The fraction of sp³-hybridized carbons (Fsp3) is 1.00. The van der Waals surface area contributed by atoms with E-state index in [0.717, 1.165) is 23.7 Å². The van der Waals surface area contributed by atoms with Gasteiger partial charge >= 0.3 is 0 Å². The van der Waals surface area contributed by atoms with Crippen molar-refractivity contribution in [3.05, 3.63) is 0 Å². The highest BCUT2D eigenvalue weighted by molar-refractivity contribution is 4.67. The summed E-state index contributed by atoms with van der Waals surface area (Å²) in [6.07, 6.45) is 13.0. The lowest BCUT2D eigenvalue weighted by atomic mass is 9.82. The molecule has 2 unspecified atom stereocenters. The molecule has 0 amide bonds. The second-order valence-electron chi connectivity index (χ2n) is 7.51. The van der Waals surface area contributed by atoms with Gasteiger partial charge in [0.05, 0.1) is 0 Å². The number of hydrogen-bond acceptors (Lipinski definition) is 0. The lowest BCUT2D eigenvalue weighted by Gasteiger charge is -2.24. The normalized spacial score (nSPS) is 15.2. The zero-order valence-corrected chi connectivity index (χ0v) is 14.7. The van der Waals surface area contributed by atoms with Crippen molar-refractivity contribution in [3.63, 3.8) is 0 Å². The maximum atomic E-state index is 2.47. The average Bonchev–Trinajstić information content (AvgIpc) is 2.31. The van der Waals surface area contributed by atoms with E-state index in [2.05, 4.69) is 41.5 Å². The van der Waals surface area contributed by atoms with E-state index in [1.165, 1.54) is 57.8 Å². The van der Waals surface area contributed by atoms with Crippen LogP contribution in [-0.4, -0.2) is 0 Å². The van der Waals surface area contributed by atoms with Gasteiger partial charge in [0.2, 0.25) is 0 Å². The molecular weight excluding hydrogens is 228 g/mol. The van der Waals surface area contributed by atoms with Gasteiger partial charge in [-0.25, -0.2) is 0 Å². The van der Waals surface area contributed by atoms with Crippen molar-refractivity contribution < 1.29 is 0 Å². The Morgan fingerprint density at radius 1 is 0.632 bits per heavy atom. The SMILES string of the molecule is CCC(CCCCCCCC(C)C)C(C)CC(C)C. The van der Waals surface area contributed by atoms with Crippen molar-refractivity contribution in [1.82, 2.24) is 0 Å². The third-order valence-electron chi connectivity index (χ3n) is 4.53. The highest BCUT2D eigenvalue weighted by Crippen LogP contribution is 2.27. The van der Waals surface area contributed by atoms with Crippen LogP contribution in [-0.2, 0) is 0 Å². The van der Waals surface area contributed by atoms with Crippen molar-refractivity contribution in [2.24, 2.45) is 23.7 Å². The fourth-order valence-electron chi connectivity index (χ4n) is 3.32. The predicted molar refractivity (Wildman–Crippen MR) is 89.6 cm³/mol. The fourth-order valence-corrected chi connectivity index (χ4v) is 3.32. The topological polar surface area (TPSA) is 0 Å². The van der Waals surface area contributed by atoms with Crippen LogP contribution in [0.2, 0.25) is 0 Å². The first-order valence-electron chi connectivity index (χ1n) is 8.97.